The molecule has 0 bridgehead atoms. The summed E-state index contributed by atoms with van der Waals surface area (Å²) in [6.45, 7) is 13.6. The third-order valence-corrected chi connectivity index (χ3v) is 1.86. The molecule has 0 aliphatic rings. The Balaban J connectivity index is 3.98. The van der Waals surface area contributed by atoms with Crippen LogP contribution in [-0.4, -0.2) is 36.5 Å². The summed E-state index contributed by atoms with van der Waals surface area (Å²) in [5.74, 6) is 0.143. The number of amides is 1. The first kappa shape index (κ1) is 13.2. The normalized spacial score (nSPS) is 10.4. The van der Waals surface area contributed by atoms with Gasteiger partial charge in [0.25, 0.3) is 0 Å². The van der Waals surface area contributed by atoms with Gasteiger partial charge in [-0.15, -0.1) is 0 Å². The van der Waals surface area contributed by atoms with Crippen LogP contribution in [0.3, 0.4) is 0 Å². The highest BCUT2D eigenvalue weighted by molar-refractivity contribution is 5.78. The molecule has 0 rings (SSSR count). The van der Waals surface area contributed by atoms with Gasteiger partial charge in [0.05, 0.1) is 6.54 Å². The van der Waals surface area contributed by atoms with Gasteiger partial charge in [0.1, 0.15) is 0 Å². The molecular formula is C11H22N2O. The number of likely N-dealkylation sites (N-methyl/N-ethyl adjacent to an activating group) is 1. The molecule has 0 atom stereocenters. The van der Waals surface area contributed by atoms with E-state index < -0.39 is 0 Å². The molecular weight excluding hydrogens is 176 g/mol. The van der Waals surface area contributed by atoms with Crippen molar-refractivity contribution in [1.82, 2.24) is 10.2 Å². The highest BCUT2D eigenvalue weighted by atomic mass is 16.2. The van der Waals surface area contributed by atoms with Crippen LogP contribution in [0.25, 0.3) is 0 Å². The zero-order valence-electron chi connectivity index (χ0n) is 9.76. The lowest BCUT2D eigenvalue weighted by molar-refractivity contribution is -0.129. The summed E-state index contributed by atoms with van der Waals surface area (Å²) in [5.41, 5.74) is 1.02. The molecule has 1 N–H and O–H groups in total. The van der Waals surface area contributed by atoms with E-state index in [1.807, 2.05) is 27.7 Å². The van der Waals surface area contributed by atoms with Crippen LogP contribution in [-0.2, 0) is 4.79 Å². The van der Waals surface area contributed by atoms with Crippen molar-refractivity contribution in [1.29, 1.82) is 0 Å². The molecule has 0 aliphatic carbocycles. The highest BCUT2D eigenvalue weighted by Crippen LogP contribution is 1.96. The summed E-state index contributed by atoms with van der Waals surface area (Å²) in [6, 6.07) is 0.350. The molecule has 0 aromatic carbocycles. The molecule has 0 spiro atoms. The zero-order valence-corrected chi connectivity index (χ0v) is 9.76. The fourth-order valence-electron chi connectivity index (χ4n) is 1.11. The number of carbonyl (C=O) groups excluding carboxylic acids is 1. The van der Waals surface area contributed by atoms with Crippen molar-refractivity contribution < 1.29 is 4.79 Å². The number of nitrogens with one attached hydrogen (secondary N) is 1. The molecule has 14 heavy (non-hydrogen) atoms. The van der Waals surface area contributed by atoms with Crippen LogP contribution in [0, 0.1) is 0 Å². The van der Waals surface area contributed by atoms with Crippen LogP contribution in [0.4, 0.5) is 0 Å². The molecule has 3 nitrogen and oxygen atoms in total. The number of nitrogens with zero attached hydrogens (tertiary/aromatic N) is 1. The molecule has 0 saturated heterocycles. The second kappa shape index (κ2) is 6.60. The lowest BCUT2D eigenvalue weighted by Gasteiger charge is -2.21. The lowest BCUT2D eigenvalue weighted by atomic mass is 10.3. The van der Waals surface area contributed by atoms with Gasteiger partial charge in [-0.25, -0.2) is 0 Å². The van der Waals surface area contributed by atoms with Crippen molar-refractivity contribution in [2.24, 2.45) is 0 Å². The first-order valence-electron chi connectivity index (χ1n) is 5.12. The summed E-state index contributed by atoms with van der Waals surface area (Å²) in [7, 11) is 0. The maximum absolute atomic E-state index is 11.6. The van der Waals surface area contributed by atoms with Crippen molar-refractivity contribution in [2.75, 3.05) is 19.6 Å². The predicted octanol–water partition coefficient (Wildman–Crippen LogP) is 1.41. The maximum atomic E-state index is 11.6. The van der Waals surface area contributed by atoms with Crippen LogP contribution >= 0.6 is 0 Å². The predicted molar refractivity (Wildman–Crippen MR) is 60.2 cm³/mol. The van der Waals surface area contributed by atoms with E-state index in [1.165, 1.54) is 0 Å². The Bertz CT molecular complexity index is 199. The molecule has 1 amide bonds. The standard InChI is InChI=1S/C11H22N2O/c1-6-13(8-9(2)3)11(14)7-12-10(4)5/h10,12H,2,6-8H2,1,3-5H3. The minimum atomic E-state index is 0.143. The van der Waals surface area contributed by atoms with Gasteiger partial charge in [0, 0.05) is 19.1 Å². The largest absolute Gasteiger partial charge is 0.338 e. The van der Waals surface area contributed by atoms with Crippen LogP contribution in [0.5, 0.6) is 0 Å². The average molecular weight is 198 g/mol. The Morgan fingerprint density at radius 2 is 2.07 bits per heavy atom. The van der Waals surface area contributed by atoms with Crippen molar-refractivity contribution in [2.45, 2.75) is 33.7 Å². The van der Waals surface area contributed by atoms with E-state index in [0.29, 0.717) is 19.1 Å². The Hall–Kier alpha value is -0.830. The van der Waals surface area contributed by atoms with Gasteiger partial charge in [-0.1, -0.05) is 26.0 Å². The first-order valence-corrected chi connectivity index (χ1v) is 5.12. The Morgan fingerprint density at radius 3 is 2.43 bits per heavy atom. The molecule has 0 aliphatic heterocycles. The van der Waals surface area contributed by atoms with Crippen LogP contribution in [0.15, 0.2) is 12.2 Å². The minimum Gasteiger partial charge on any atom is -0.338 e. The van der Waals surface area contributed by atoms with Crippen LogP contribution < -0.4 is 5.32 Å². The summed E-state index contributed by atoms with van der Waals surface area (Å²) in [5, 5.41) is 3.11. The van der Waals surface area contributed by atoms with Gasteiger partial charge in [0.2, 0.25) is 5.91 Å². The molecule has 0 aromatic heterocycles. The number of hydrogen-bond acceptors (Lipinski definition) is 2. The van der Waals surface area contributed by atoms with E-state index in [1.54, 1.807) is 4.90 Å². The van der Waals surface area contributed by atoms with Gasteiger partial charge < -0.3 is 10.2 Å². The quantitative estimate of drug-likeness (QED) is 0.654. The van der Waals surface area contributed by atoms with E-state index in [2.05, 4.69) is 11.9 Å². The highest BCUT2D eigenvalue weighted by Gasteiger charge is 2.10. The number of hydrogen-bond donors (Lipinski definition) is 1. The van der Waals surface area contributed by atoms with Crippen molar-refractivity contribution in [3.8, 4) is 0 Å². The van der Waals surface area contributed by atoms with Crippen molar-refractivity contribution in [3.63, 3.8) is 0 Å². The first-order chi connectivity index (χ1) is 6.47. The second-order valence-corrected chi connectivity index (χ2v) is 3.90. The average Bonchev–Trinajstić information content (AvgIpc) is 2.09. The third kappa shape index (κ3) is 5.75. The summed E-state index contributed by atoms with van der Waals surface area (Å²) in [6.07, 6.45) is 0. The van der Waals surface area contributed by atoms with E-state index in [9.17, 15) is 4.79 Å². The number of carbonyl (C=O) groups is 1. The van der Waals surface area contributed by atoms with Gasteiger partial charge >= 0.3 is 0 Å². The maximum Gasteiger partial charge on any atom is 0.236 e. The summed E-state index contributed by atoms with van der Waals surface area (Å²) in [4.78, 5) is 13.4. The van der Waals surface area contributed by atoms with Gasteiger partial charge in [-0.05, 0) is 13.8 Å². The molecule has 0 unspecified atom stereocenters. The molecule has 0 saturated carbocycles. The molecule has 3 heteroatoms. The topological polar surface area (TPSA) is 32.3 Å². The fraction of sp³-hybridized carbons (Fsp3) is 0.727. The summed E-state index contributed by atoms with van der Waals surface area (Å²) >= 11 is 0. The van der Waals surface area contributed by atoms with E-state index >= 15 is 0 Å². The second-order valence-electron chi connectivity index (χ2n) is 3.90. The van der Waals surface area contributed by atoms with Crippen molar-refractivity contribution in [3.05, 3.63) is 12.2 Å². The van der Waals surface area contributed by atoms with Gasteiger partial charge in [0.15, 0.2) is 0 Å². The van der Waals surface area contributed by atoms with Crippen molar-refractivity contribution >= 4 is 5.91 Å². The monoisotopic (exact) mass is 198 g/mol. The Morgan fingerprint density at radius 1 is 1.50 bits per heavy atom. The van der Waals surface area contributed by atoms with Gasteiger partial charge in [-0.2, -0.15) is 0 Å². The van der Waals surface area contributed by atoms with Crippen LogP contribution in [0.2, 0.25) is 0 Å². The number of rotatable bonds is 6. The zero-order chi connectivity index (χ0) is 11.1. The molecule has 82 valence electrons. The van der Waals surface area contributed by atoms with Gasteiger partial charge in [-0.3, -0.25) is 4.79 Å². The summed E-state index contributed by atoms with van der Waals surface area (Å²) < 4.78 is 0. The molecule has 0 fully saturated rings. The third-order valence-electron chi connectivity index (χ3n) is 1.86. The fourth-order valence-corrected chi connectivity index (χ4v) is 1.11. The van der Waals surface area contributed by atoms with E-state index in [-0.39, 0.29) is 5.91 Å². The minimum absolute atomic E-state index is 0.143. The lowest BCUT2D eigenvalue weighted by Crippen LogP contribution is -2.40. The molecule has 0 radical (unpaired) electrons. The molecule has 0 aromatic rings. The van der Waals surface area contributed by atoms with E-state index in [0.717, 1.165) is 12.1 Å². The molecule has 0 heterocycles. The van der Waals surface area contributed by atoms with E-state index in [4.69, 9.17) is 0 Å². The SMILES string of the molecule is C=C(C)CN(CC)C(=O)CNC(C)C. The Labute approximate surface area is 87.2 Å². The Kier molecular flexibility index (Phi) is 6.21. The smallest absolute Gasteiger partial charge is 0.236 e. The van der Waals surface area contributed by atoms with Crippen LogP contribution in [0.1, 0.15) is 27.7 Å².